The second kappa shape index (κ2) is 15.6. The van der Waals surface area contributed by atoms with Crippen molar-refractivity contribution < 1.29 is 28.2 Å². The number of hydrogen-bond acceptors (Lipinski definition) is 6. The number of esters is 1. The van der Waals surface area contributed by atoms with Crippen LogP contribution in [0.2, 0.25) is 18.1 Å². The van der Waals surface area contributed by atoms with E-state index in [9.17, 15) is 4.79 Å². The Kier molecular flexibility index (Phi) is 13.3. The van der Waals surface area contributed by atoms with Crippen LogP contribution < -0.4 is 4.74 Å². The Morgan fingerprint density at radius 2 is 1.74 bits per heavy atom. The molecule has 7 heteroatoms. The van der Waals surface area contributed by atoms with Crippen molar-refractivity contribution in [3.63, 3.8) is 0 Å². The quantitative estimate of drug-likeness (QED) is 0.118. The molecule has 242 valence electrons. The maximum absolute atomic E-state index is 13.4. The van der Waals surface area contributed by atoms with Crippen molar-refractivity contribution >= 4 is 14.3 Å². The number of benzene rings is 1. The van der Waals surface area contributed by atoms with E-state index in [1.54, 1.807) is 7.11 Å². The Labute approximate surface area is 263 Å². The molecule has 1 aliphatic rings. The van der Waals surface area contributed by atoms with Crippen LogP contribution in [0.4, 0.5) is 0 Å². The lowest BCUT2D eigenvalue weighted by molar-refractivity contribution is -0.174. The Balaban J connectivity index is 2.42. The number of hydrogen-bond donors (Lipinski definition) is 0. The minimum Gasteiger partial charge on any atom is -0.497 e. The second-order valence-corrected chi connectivity index (χ2v) is 18.2. The lowest BCUT2D eigenvalue weighted by Crippen LogP contribution is -2.47. The molecule has 1 aromatic carbocycles. The first-order valence-corrected chi connectivity index (χ1v) is 18.7. The number of allylic oxidation sites excluding steroid dienone is 2. The van der Waals surface area contributed by atoms with Gasteiger partial charge in [-0.2, -0.15) is 0 Å². The highest BCUT2D eigenvalue weighted by molar-refractivity contribution is 6.74. The molecule has 0 radical (unpaired) electrons. The first-order chi connectivity index (χ1) is 20.1. The van der Waals surface area contributed by atoms with Gasteiger partial charge in [0.15, 0.2) is 8.32 Å². The van der Waals surface area contributed by atoms with Gasteiger partial charge in [-0.15, -0.1) is 0 Å². The van der Waals surface area contributed by atoms with E-state index in [4.69, 9.17) is 23.4 Å². The van der Waals surface area contributed by atoms with Gasteiger partial charge in [0.2, 0.25) is 5.60 Å². The van der Waals surface area contributed by atoms with Crippen molar-refractivity contribution in [1.82, 2.24) is 0 Å². The Morgan fingerprint density at radius 3 is 2.23 bits per heavy atom. The van der Waals surface area contributed by atoms with E-state index in [0.717, 1.165) is 29.7 Å². The zero-order valence-corrected chi connectivity index (χ0v) is 30.1. The molecule has 0 N–H and O–H groups in total. The van der Waals surface area contributed by atoms with Crippen LogP contribution in [0.15, 0.2) is 59.4 Å². The van der Waals surface area contributed by atoms with Crippen LogP contribution in [0.25, 0.3) is 0 Å². The van der Waals surface area contributed by atoms with Gasteiger partial charge in [0, 0.05) is 11.8 Å². The molecule has 0 aliphatic carbocycles. The minimum absolute atomic E-state index is 0.00242. The predicted molar refractivity (Wildman–Crippen MR) is 179 cm³/mol. The zero-order valence-electron chi connectivity index (χ0n) is 29.1. The van der Waals surface area contributed by atoms with E-state index in [1.807, 2.05) is 37.3 Å². The number of methoxy groups -OCH3 is 2. The van der Waals surface area contributed by atoms with Crippen LogP contribution in [0.5, 0.6) is 5.75 Å². The van der Waals surface area contributed by atoms with E-state index in [-0.39, 0.29) is 35.7 Å². The van der Waals surface area contributed by atoms with Gasteiger partial charge in [0.25, 0.3) is 0 Å². The summed E-state index contributed by atoms with van der Waals surface area (Å²) in [4.78, 5) is 13.4. The third kappa shape index (κ3) is 8.86. The summed E-state index contributed by atoms with van der Waals surface area (Å²) in [5.41, 5.74) is 1.98. The monoisotopic (exact) mass is 614 g/mol. The summed E-state index contributed by atoms with van der Waals surface area (Å²) in [6.07, 6.45) is 8.42. The molecule has 1 aromatic rings. The van der Waals surface area contributed by atoms with Gasteiger partial charge in [-0.25, -0.2) is 4.79 Å². The van der Waals surface area contributed by atoms with Crippen molar-refractivity contribution in [2.24, 2.45) is 11.8 Å². The molecule has 0 unspecified atom stereocenters. The molecule has 43 heavy (non-hydrogen) atoms. The summed E-state index contributed by atoms with van der Waals surface area (Å²) >= 11 is 0. The molecule has 1 heterocycles. The van der Waals surface area contributed by atoms with Crippen LogP contribution >= 0.6 is 0 Å². The van der Waals surface area contributed by atoms with Crippen molar-refractivity contribution in [1.29, 1.82) is 0 Å². The maximum Gasteiger partial charge on any atom is 0.346 e. The zero-order chi connectivity index (χ0) is 32.6. The average Bonchev–Trinajstić information content (AvgIpc) is 2.98. The molecule has 0 amide bonds. The van der Waals surface area contributed by atoms with E-state index < -0.39 is 19.9 Å². The van der Waals surface area contributed by atoms with E-state index in [0.29, 0.717) is 12.2 Å². The molecule has 0 aromatic heterocycles. The van der Waals surface area contributed by atoms with E-state index >= 15 is 0 Å². The highest BCUT2D eigenvalue weighted by Gasteiger charge is 2.47. The molecule has 1 aliphatic heterocycles. The molecule has 0 fully saturated rings. The summed E-state index contributed by atoms with van der Waals surface area (Å²) in [5, 5.41) is 0.111. The van der Waals surface area contributed by atoms with Gasteiger partial charge in [-0.1, -0.05) is 65.8 Å². The van der Waals surface area contributed by atoms with Gasteiger partial charge >= 0.3 is 5.97 Å². The first-order valence-electron chi connectivity index (χ1n) is 15.8. The summed E-state index contributed by atoms with van der Waals surface area (Å²) < 4.78 is 30.8. The molecule has 0 saturated heterocycles. The smallest absolute Gasteiger partial charge is 0.346 e. The molecule has 0 bridgehead atoms. The van der Waals surface area contributed by atoms with Gasteiger partial charge in [-0.05, 0) is 93.1 Å². The minimum atomic E-state index is -2.02. The van der Waals surface area contributed by atoms with Crippen molar-refractivity contribution in [2.75, 3.05) is 14.2 Å². The Morgan fingerprint density at radius 1 is 1.12 bits per heavy atom. The highest BCUT2D eigenvalue weighted by Crippen LogP contribution is 2.41. The summed E-state index contributed by atoms with van der Waals surface area (Å²) in [6.45, 7) is 24.5. The topological polar surface area (TPSA) is 63.2 Å². The van der Waals surface area contributed by atoms with Crippen molar-refractivity contribution in [2.45, 2.75) is 124 Å². The van der Waals surface area contributed by atoms with Gasteiger partial charge in [-0.3, -0.25) is 0 Å². The molecular weight excluding hydrogens is 556 g/mol. The Bertz CT molecular complexity index is 1140. The third-order valence-corrected chi connectivity index (χ3v) is 13.9. The van der Waals surface area contributed by atoms with Crippen LogP contribution in [-0.2, 0) is 30.0 Å². The van der Waals surface area contributed by atoms with Crippen LogP contribution in [-0.4, -0.2) is 46.3 Å². The number of rotatable bonds is 14. The van der Waals surface area contributed by atoms with Gasteiger partial charge in [0.05, 0.1) is 26.9 Å². The predicted octanol–water partition coefficient (Wildman–Crippen LogP) is 9.17. The fraction of sp³-hybridized carbons (Fsp3) is 0.639. The van der Waals surface area contributed by atoms with Gasteiger partial charge in [0.1, 0.15) is 17.6 Å². The van der Waals surface area contributed by atoms with Crippen molar-refractivity contribution in [3.05, 3.63) is 65.0 Å². The van der Waals surface area contributed by atoms with Crippen LogP contribution in [0.1, 0.15) is 87.1 Å². The number of ether oxygens (including phenoxy) is 4. The molecular formula is C36H58O6Si. The maximum atomic E-state index is 13.4. The number of carbonyl (C=O) groups excluding carboxylic acids is 1. The van der Waals surface area contributed by atoms with Crippen LogP contribution in [0.3, 0.4) is 0 Å². The summed E-state index contributed by atoms with van der Waals surface area (Å²) in [5.74, 6) is 1.26. The molecule has 6 nitrogen and oxygen atoms in total. The lowest BCUT2D eigenvalue weighted by atomic mass is 9.85. The molecule has 5 atom stereocenters. The fourth-order valence-electron chi connectivity index (χ4n) is 5.29. The molecule has 0 saturated carbocycles. The summed E-state index contributed by atoms with van der Waals surface area (Å²) in [7, 11) is 1.02. The molecule has 0 spiro atoms. The standard InChI is InChI=1S/C36H58O6Si/c1-14-25(4)33(42-43(12,13)35(7,8)9)29(15-2)23-27(6)32-26(5)17-22-31(41-32)36(16-3,34(37)39-11)40-24-28-18-20-30(38-10)21-19-28/h14,18-23,26,29,32-33H,15-17,24H2,1-13H3/b25-14+,27-23+/t26-,29-,32-,33-,36-/m0/s1. The first kappa shape index (κ1) is 36.8. The third-order valence-electron chi connectivity index (χ3n) is 9.42. The van der Waals surface area contributed by atoms with Crippen LogP contribution in [0, 0.1) is 11.8 Å². The van der Waals surface area contributed by atoms with Gasteiger partial charge < -0.3 is 23.4 Å². The van der Waals surface area contributed by atoms with E-state index in [1.165, 1.54) is 12.7 Å². The largest absolute Gasteiger partial charge is 0.497 e. The van der Waals surface area contributed by atoms with Crippen molar-refractivity contribution in [3.8, 4) is 5.75 Å². The van der Waals surface area contributed by atoms with E-state index in [2.05, 4.69) is 80.6 Å². The SMILES string of the molecule is C/C=C(\C)[C@H](O[Si](C)(C)C(C)(C)C)[C@H](/C=C(\C)[C@H]1OC([C@](CC)(OCc2ccc(OC)cc2)C(=O)OC)=CC[C@@H]1C)CC. The Hall–Kier alpha value is -2.35. The lowest BCUT2D eigenvalue weighted by Gasteiger charge is -2.42. The molecule has 2 rings (SSSR count). The summed E-state index contributed by atoms with van der Waals surface area (Å²) in [6, 6.07) is 7.64. The normalized spacial score (nSPS) is 21.3. The highest BCUT2D eigenvalue weighted by atomic mass is 28.4. The second-order valence-electron chi connectivity index (χ2n) is 13.4. The number of carbonyl (C=O) groups is 1. The fourth-order valence-corrected chi connectivity index (χ4v) is 6.64. The average molecular weight is 615 g/mol.